The molecule has 0 aliphatic carbocycles. The first-order valence-electron chi connectivity index (χ1n) is 5.31. The summed E-state index contributed by atoms with van der Waals surface area (Å²) in [5, 5.41) is 2.63. The molecule has 2 unspecified atom stereocenters. The Balaban J connectivity index is 4.16. The summed E-state index contributed by atoms with van der Waals surface area (Å²) in [7, 11) is 0. The molecule has 0 saturated heterocycles. The summed E-state index contributed by atoms with van der Waals surface area (Å²) in [5.41, 5.74) is 10.5. The Kier molecular flexibility index (Phi) is 6.70. The maximum Gasteiger partial charge on any atom is 0.240 e. The van der Waals surface area contributed by atoms with Gasteiger partial charge in [0.1, 0.15) is 6.04 Å². The molecule has 2 atom stereocenters. The molecule has 0 bridgehead atoms. The van der Waals surface area contributed by atoms with Crippen LogP contribution in [-0.4, -0.2) is 24.4 Å². The van der Waals surface area contributed by atoms with Crippen LogP contribution in [0.5, 0.6) is 0 Å². The summed E-state index contributed by atoms with van der Waals surface area (Å²) in [5.74, 6) is -0.584. The molecular formula is C10H21N3O2. The lowest BCUT2D eigenvalue weighted by atomic mass is 9.98. The lowest BCUT2D eigenvalue weighted by Crippen LogP contribution is -2.48. The van der Waals surface area contributed by atoms with Crippen LogP contribution in [0.1, 0.15) is 33.1 Å². The van der Waals surface area contributed by atoms with Gasteiger partial charge in [-0.2, -0.15) is 0 Å². The van der Waals surface area contributed by atoms with E-state index in [1.54, 1.807) is 0 Å². The highest BCUT2D eigenvalue weighted by molar-refractivity contribution is 5.86. The topological polar surface area (TPSA) is 98.2 Å². The summed E-state index contributed by atoms with van der Waals surface area (Å²) >= 11 is 0. The van der Waals surface area contributed by atoms with Crippen molar-refractivity contribution < 1.29 is 9.59 Å². The quantitative estimate of drug-likeness (QED) is 0.545. The zero-order valence-electron chi connectivity index (χ0n) is 9.45. The third-order valence-corrected chi connectivity index (χ3v) is 2.44. The fourth-order valence-corrected chi connectivity index (χ4v) is 1.24. The molecular weight excluding hydrogens is 194 g/mol. The molecule has 0 rings (SSSR count). The van der Waals surface area contributed by atoms with Crippen LogP contribution in [0.4, 0.5) is 0 Å². The van der Waals surface area contributed by atoms with Crippen molar-refractivity contribution in [1.82, 2.24) is 5.32 Å². The summed E-state index contributed by atoms with van der Waals surface area (Å²) in [6, 6.07) is -0.569. The van der Waals surface area contributed by atoms with Crippen LogP contribution in [0.3, 0.4) is 0 Å². The summed E-state index contributed by atoms with van der Waals surface area (Å²) in [4.78, 5) is 22.5. The lowest BCUT2D eigenvalue weighted by molar-refractivity contribution is -0.128. The highest BCUT2D eigenvalue weighted by Crippen LogP contribution is 2.07. The third kappa shape index (κ3) is 5.37. The van der Waals surface area contributed by atoms with Gasteiger partial charge in [-0.3, -0.25) is 9.59 Å². The second-order valence-corrected chi connectivity index (χ2v) is 3.73. The molecule has 0 radical (unpaired) electrons. The van der Waals surface area contributed by atoms with Crippen molar-refractivity contribution in [3.8, 4) is 0 Å². The van der Waals surface area contributed by atoms with Crippen LogP contribution in [0, 0.1) is 5.92 Å². The van der Waals surface area contributed by atoms with E-state index in [-0.39, 0.29) is 11.8 Å². The van der Waals surface area contributed by atoms with Gasteiger partial charge in [-0.05, 0) is 18.9 Å². The molecule has 0 spiro atoms. The predicted octanol–water partition coefficient (Wildman–Crippen LogP) is -0.258. The number of nitrogens with one attached hydrogen (secondary N) is 1. The van der Waals surface area contributed by atoms with Crippen molar-refractivity contribution in [2.45, 2.75) is 39.2 Å². The Morgan fingerprint density at radius 3 is 2.40 bits per heavy atom. The zero-order valence-corrected chi connectivity index (χ0v) is 9.45. The number of nitrogens with two attached hydrogens (primary N) is 2. The molecule has 0 saturated carbocycles. The molecule has 0 fully saturated rings. The maximum atomic E-state index is 11.4. The van der Waals surface area contributed by atoms with E-state index in [1.165, 1.54) is 0 Å². The fourth-order valence-electron chi connectivity index (χ4n) is 1.24. The Morgan fingerprint density at radius 1 is 1.40 bits per heavy atom. The number of carbonyl (C=O) groups is 2. The molecule has 5 nitrogen and oxygen atoms in total. The smallest absolute Gasteiger partial charge is 0.240 e. The van der Waals surface area contributed by atoms with Gasteiger partial charge in [0, 0.05) is 6.42 Å². The first-order valence-corrected chi connectivity index (χ1v) is 5.31. The van der Waals surface area contributed by atoms with Crippen LogP contribution >= 0.6 is 0 Å². The largest absolute Gasteiger partial charge is 0.368 e. The van der Waals surface area contributed by atoms with Crippen molar-refractivity contribution >= 4 is 11.8 Å². The highest BCUT2D eigenvalue weighted by atomic mass is 16.2. The van der Waals surface area contributed by atoms with Crippen molar-refractivity contribution in [3.63, 3.8) is 0 Å². The second kappa shape index (κ2) is 7.23. The predicted molar refractivity (Wildman–Crippen MR) is 58.9 cm³/mol. The first kappa shape index (κ1) is 13.9. The number of primary amides is 1. The summed E-state index contributed by atoms with van der Waals surface area (Å²) in [6.45, 7) is 4.31. The van der Waals surface area contributed by atoms with Crippen molar-refractivity contribution in [3.05, 3.63) is 0 Å². The lowest BCUT2D eigenvalue weighted by Gasteiger charge is -2.20. The van der Waals surface area contributed by atoms with Crippen LogP contribution in [0.25, 0.3) is 0 Å². The highest BCUT2D eigenvalue weighted by Gasteiger charge is 2.22. The number of amides is 2. The van der Waals surface area contributed by atoms with E-state index < -0.39 is 11.9 Å². The van der Waals surface area contributed by atoms with Crippen LogP contribution in [-0.2, 0) is 9.59 Å². The Hall–Kier alpha value is -1.10. The fraction of sp³-hybridized carbons (Fsp3) is 0.800. The van der Waals surface area contributed by atoms with Crippen LogP contribution < -0.4 is 16.8 Å². The van der Waals surface area contributed by atoms with Crippen LogP contribution in [0.2, 0.25) is 0 Å². The third-order valence-electron chi connectivity index (χ3n) is 2.44. The second-order valence-electron chi connectivity index (χ2n) is 3.73. The van der Waals surface area contributed by atoms with Gasteiger partial charge in [0.05, 0.1) is 0 Å². The molecule has 0 heterocycles. The minimum absolute atomic E-state index is 0.0596. The van der Waals surface area contributed by atoms with Gasteiger partial charge in [0.2, 0.25) is 11.8 Å². The van der Waals surface area contributed by atoms with Crippen molar-refractivity contribution in [1.29, 1.82) is 0 Å². The van der Waals surface area contributed by atoms with Gasteiger partial charge in [0.25, 0.3) is 0 Å². The minimum atomic E-state index is -0.569. The zero-order chi connectivity index (χ0) is 11.8. The van der Waals surface area contributed by atoms with Gasteiger partial charge in [-0.25, -0.2) is 0 Å². The van der Waals surface area contributed by atoms with E-state index in [0.29, 0.717) is 19.4 Å². The van der Waals surface area contributed by atoms with E-state index in [0.717, 1.165) is 6.42 Å². The van der Waals surface area contributed by atoms with E-state index in [9.17, 15) is 9.59 Å². The molecule has 0 aliphatic heterocycles. The maximum absolute atomic E-state index is 11.4. The first-order chi connectivity index (χ1) is 7.02. The van der Waals surface area contributed by atoms with E-state index >= 15 is 0 Å². The van der Waals surface area contributed by atoms with E-state index in [4.69, 9.17) is 11.5 Å². The Morgan fingerprint density at radius 2 is 2.00 bits per heavy atom. The number of hydrogen-bond donors (Lipinski definition) is 3. The molecule has 0 aliphatic rings. The van der Waals surface area contributed by atoms with Gasteiger partial charge in [0.15, 0.2) is 0 Å². The van der Waals surface area contributed by atoms with Crippen LogP contribution in [0.15, 0.2) is 0 Å². The Labute approximate surface area is 90.6 Å². The van der Waals surface area contributed by atoms with Crippen molar-refractivity contribution in [2.24, 2.45) is 17.4 Å². The molecule has 0 aromatic carbocycles. The molecule has 15 heavy (non-hydrogen) atoms. The summed E-state index contributed by atoms with van der Waals surface area (Å²) < 4.78 is 0. The summed E-state index contributed by atoms with van der Waals surface area (Å²) in [6.07, 6.45) is 1.76. The van der Waals surface area contributed by atoms with Gasteiger partial charge in [-0.15, -0.1) is 0 Å². The molecule has 5 N–H and O–H groups in total. The normalized spacial score (nSPS) is 14.3. The number of carbonyl (C=O) groups excluding carboxylic acids is 2. The van der Waals surface area contributed by atoms with Gasteiger partial charge < -0.3 is 16.8 Å². The number of hydrogen-bond acceptors (Lipinski definition) is 3. The molecule has 5 heteroatoms. The average Bonchev–Trinajstić information content (AvgIpc) is 2.21. The van der Waals surface area contributed by atoms with Crippen molar-refractivity contribution in [2.75, 3.05) is 6.54 Å². The molecule has 0 aromatic rings. The standard InChI is InChI=1S/C10H21N3O2/c1-3-7(2)9(10(12)15)13-8(14)5-4-6-11/h7,9H,3-6,11H2,1-2H3,(H2,12,15)(H,13,14). The number of rotatable bonds is 7. The van der Waals surface area contributed by atoms with E-state index in [1.807, 2.05) is 13.8 Å². The van der Waals surface area contributed by atoms with Gasteiger partial charge in [-0.1, -0.05) is 20.3 Å². The minimum Gasteiger partial charge on any atom is -0.368 e. The van der Waals surface area contributed by atoms with E-state index in [2.05, 4.69) is 5.32 Å². The Bertz CT molecular complexity index is 219. The van der Waals surface area contributed by atoms with Gasteiger partial charge >= 0.3 is 0 Å². The SMILES string of the molecule is CCC(C)C(NC(=O)CCCN)C(N)=O. The molecule has 88 valence electrons. The monoisotopic (exact) mass is 215 g/mol. The molecule has 2 amide bonds. The average molecular weight is 215 g/mol. The molecule has 0 aromatic heterocycles.